The predicted octanol–water partition coefficient (Wildman–Crippen LogP) is 3.26. The number of rotatable bonds is 8. The summed E-state index contributed by atoms with van der Waals surface area (Å²) in [6.45, 7) is 3.34. The van der Waals surface area contributed by atoms with Gasteiger partial charge >= 0.3 is 0 Å². The Hall–Kier alpha value is -1.30. The van der Waals surface area contributed by atoms with Crippen LogP contribution < -0.4 is 10.6 Å². The van der Waals surface area contributed by atoms with E-state index in [2.05, 4.69) is 10.6 Å². The largest absolute Gasteiger partial charge is 0.352 e. The Kier molecular flexibility index (Phi) is 8.87. The van der Waals surface area contributed by atoms with Crippen LogP contribution in [0, 0.1) is 5.92 Å². The minimum absolute atomic E-state index is 0. The molecule has 0 radical (unpaired) electrons. The number of hydrogen-bond donors (Lipinski definition) is 2. The Labute approximate surface area is 172 Å². The second-order valence-corrected chi connectivity index (χ2v) is 7.81. The van der Waals surface area contributed by atoms with Gasteiger partial charge < -0.3 is 15.5 Å². The van der Waals surface area contributed by atoms with Gasteiger partial charge in [0.05, 0.1) is 0 Å². The van der Waals surface area contributed by atoms with E-state index in [-0.39, 0.29) is 24.2 Å². The quantitative estimate of drug-likeness (QED) is 0.642. The van der Waals surface area contributed by atoms with E-state index < -0.39 is 0 Å². The van der Waals surface area contributed by atoms with E-state index in [9.17, 15) is 9.59 Å². The van der Waals surface area contributed by atoms with Gasteiger partial charge in [0.1, 0.15) is 0 Å². The normalized spacial score (nSPS) is 17.3. The number of piperidine rings is 1. The summed E-state index contributed by atoms with van der Waals surface area (Å²) in [7, 11) is 0. The van der Waals surface area contributed by atoms with Crippen molar-refractivity contribution in [1.29, 1.82) is 0 Å². The van der Waals surface area contributed by atoms with E-state index in [1.54, 1.807) is 24.3 Å². The molecular weight excluding hydrogens is 385 g/mol. The van der Waals surface area contributed by atoms with Gasteiger partial charge in [0.15, 0.2) is 0 Å². The highest BCUT2D eigenvalue weighted by Gasteiger charge is 2.25. The van der Waals surface area contributed by atoms with E-state index in [1.165, 1.54) is 12.8 Å². The zero-order chi connectivity index (χ0) is 18.4. The summed E-state index contributed by atoms with van der Waals surface area (Å²) in [5.74, 6) is 0.973. The summed E-state index contributed by atoms with van der Waals surface area (Å²) >= 11 is 5.82. The molecule has 2 N–H and O–H groups in total. The first-order valence-corrected chi connectivity index (χ1v) is 10.0. The van der Waals surface area contributed by atoms with Crippen LogP contribution in [-0.2, 0) is 4.79 Å². The number of nitrogens with one attached hydrogen (secondary N) is 2. The molecule has 1 aliphatic heterocycles. The first kappa shape index (κ1) is 22.0. The van der Waals surface area contributed by atoms with Gasteiger partial charge in [-0.1, -0.05) is 11.6 Å². The number of amides is 2. The van der Waals surface area contributed by atoms with Gasteiger partial charge in [-0.15, -0.1) is 12.4 Å². The summed E-state index contributed by atoms with van der Waals surface area (Å²) in [6, 6.07) is 7.36. The van der Waals surface area contributed by atoms with Crippen LogP contribution in [0.3, 0.4) is 0 Å². The van der Waals surface area contributed by atoms with Gasteiger partial charge in [0.25, 0.3) is 5.91 Å². The minimum Gasteiger partial charge on any atom is -0.352 e. The third-order valence-electron chi connectivity index (χ3n) is 5.20. The first-order chi connectivity index (χ1) is 12.6. The van der Waals surface area contributed by atoms with E-state index in [4.69, 9.17) is 11.6 Å². The number of likely N-dealkylation sites (tertiary alicyclic amines) is 1. The Morgan fingerprint density at radius 2 is 1.74 bits per heavy atom. The van der Waals surface area contributed by atoms with Crippen molar-refractivity contribution in [3.63, 3.8) is 0 Å². The fourth-order valence-electron chi connectivity index (χ4n) is 3.29. The molecule has 150 valence electrons. The van der Waals surface area contributed by atoms with Crippen molar-refractivity contribution in [2.75, 3.05) is 26.2 Å². The molecule has 1 saturated carbocycles. The lowest BCUT2D eigenvalue weighted by Crippen LogP contribution is -2.45. The lowest BCUT2D eigenvalue weighted by molar-refractivity contribution is -0.132. The monoisotopic (exact) mass is 413 g/mol. The van der Waals surface area contributed by atoms with Crippen molar-refractivity contribution in [2.45, 2.75) is 44.6 Å². The molecule has 0 unspecified atom stereocenters. The standard InChI is InChI=1S/C20H28ClN3O2.ClH/c21-17-7-5-16(6-8-17)20(26)22-11-1-2-19(25)24-12-9-18(10-13-24)23-14-15-3-4-15;/h5-8,15,18,23H,1-4,9-14H2,(H,22,26);1H. The zero-order valence-corrected chi connectivity index (χ0v) is 17.2. The fourth-order valence-corrected chi connectivity index (χ4v) is 3.42. The number of carbonyl (C=O) groups excluding carboxylic acids is 2. The van der Waals surface area contributed by atoms with Crippen LogP contribution in [-0.4, -0.2) is 48.9 Å². The van der Waals surface area contributed by atoms with Crippen LogP contribution in [0.25, 0.3) is 0 Å². The average molecular weight is 414 g/mol. The third-order valence-corrected chi connectivity index (χ3v) is 5.45. The van der Waals surface area contributed by atoms with Gasteiger partial charge in [0, 0.05) is 42.7 Å². The third kappa shape index (κ3) is 7.32. The van der Waals surface area contributed by atoms with E-state index in [0.29, 0.717) is 36.0 Å². The molecule has 2 aliphatic rings. The van der Waals surface area contributed by atoms with Crippen molar-refractivity contribution in [2.24, 2.45) is 5.92 Å². The van der Waals surface area contributed by atoms with Crippen LogP contribution in [0.15, 0.2) is 24.3 Å². The van der Waals surface area contributed by atoms with E-state index in [1.807, 2.05) is 4.90 Å². The van der Waals surface area contributed by atoms with Gasteiger partial charge in [-0.2, -0.15) is 0 Å². The van der Waals surface area contributed by atoms with Crippen molar-refractivity contribution in [3.05, 3.63) is 34.9 Å². The molecule has 1 aromatic carbocycles. The topological polar surface area (TPSA) is 61.4 Å². The highest BCUT2D eigenvalue weighted by molar-refractivity contribution is 6.30. The molecule has 1 heterocycles. The van der Waals surface area contributed by atoms with Crippen molar-refractivity contribution in [3.8, 4) is 0 Å². The molecule has 3 rings (SSSR count). The SMILES string of the molecule is Cl.O=C(NCCCC(=O)N1CCC(NCC2CC2)CC1)c1ccc(Cl)cc1. The molecule has 1 aromatic rings. The Morgan fingerprint density at radius 3 is 2.37 bits per heavy atom. The summed E-state index contributed by atoms with van der Waals surface area (Å²) in [5, 5.41) is 7.10. The van der Waals surface area contributed by atoms with Crippen LogP contribution in [0.5, 0.6) is 0 Å². The number of nitrogens with zero attached hydrogens (tertiary/aromatic N) is 1. The maximum absolute atomic E-state index is 12.3. The summed E-state index contributed by atoms with van der Waals surface area (Å²) in [5.41, 5.74) is 0.585. The Balaban J connectivity index is 0.00000261. The van der Waals surface area contributed by atoms with Crippen LogP contribution in [0.4, 0.5) is 0 Å². The van der Waals surface area contributed by atoms with Crippen molar-refractivity contribution >= 4 is 35.8 Å². The average Bonchev–Trinajstić information content (AvgIpc) is 3.48. The number of hydrogen-bond acceptors (Lipinski definition) is 3. The van der Waals surface area contributed by atoms with Gasteiger partial charge in [-0.3, -0.25) is 9.59 Å². The maximum Gasteiger partial charge on any atom is 0.251 e. The second kappa shape index (κ2) is 10.9. The van der Waals surface area contributed by atoms with E-state index in [0.717, 1.165) is 38.4 Å². The molecule has 7 heteroatoms. The van der Waals surface area contributed by atoms with Gasteiger partial charge in [-0.25, -0.2) is 0 Å². The fraction of sp³-hybridized carbons (Fsp3) is 0.600. The smallest absolute Gasteiger partial charge is 0.251 e. The van der Waals surface area contributed by atoms with Crippen molar-refractivity contribution in [1.82, 2.24) is 15.5 Å². The molecule has 0 spiro atoms. The van der Waals surface area contributed by atoms with Gasteiger partial charge in [-0.05, 0) is 68.8 Å². The number of benzene rings is 1. The minimum atomic E-state index is -0.128. The van der Waals surface area contributed by atoms with E-state index >= 15 is 0 Å². The maximum atomic E-state index is 12.3. The number of halogens is 2. The Morgan fingerprint density at radius 1 is 1.07 bits per heavy atom. The molecule has 0 aromatic heterocycles. The molecular formula is C20H29Cl2N3O2. The predicted molar refractivity (Wildman–Crippen MR) is 111 cm³/mol. The molecule has 2 fully saturated rings. The molecule has 0 bridgehead atoms. The van der Waals surface area contributed by atoms with Crippen LogP contribution in [0.1, 0.15) is 48.9 Å². The molecule has 0 atom stereocenters. The molecule has 1 saturated heterocycles. The lowest BCUT2D eigenvalue weighted by Gasteiger charge is -2.32. The number of carbonyl (C=O) groups is 2. The summed E-state index contributed by atoms with van der Waals surface area (Å²) in [6.07, 6.45) is 5.99. The summed E-state index contributed by atoms with van der Waals surface area (Å²) in [4.78, 5) is 26.3. The first-order valence-electron chi connectivity index (χ1n) is 9.67. The lowest BCUT2D eigenvalue weighted by atomic mass is 10.0. The molecule has 5 nitrogen and oxygen atoms in total. The zero-order valence-electron chi connectivity index (χ0n) is 15.6. The molecule has 1 aliphatic carbocycles. The molecule has 2 amide bonds. The van der Waals surface area contributed by atoms with Crippen molar-refractivity contribution < 1.29 is 9.59 Å². The second-order valence-electron chi connectivity index (χ2n) is 7.37. The highest BCUT2D eigenvalue weighted by atomic mass is 35.5. The highest BCUT2D eigenvalue weighted by Crippen LogP contribution is 2.28. The van der Waals surface area contributed by atoms with Crippen LogP contribution >= 0.6 is 24.0 Å². The van der Waals surface area contributed by atoms with Gasteiger partial charge in [0.2, 0.25) is 5.91 Å². The summed E-state index contributed by atoms with van der Waals surface area (Å²) < 4.78 is 0. The molecule has 27 heavy (non-hydrogen) atoms. The van der Waals surface area contributed by atoms with Crippen LogP contribution in [0.2, 0.25) is 5.02 Å². The Bertz CT molecular complexity index is 612.